The molecule has 2 nitrogen and oxygen atoms in total. The number of aryl methyl sites for hydroxylation is 1. The van der Waals surface area contributed by atoms with Gasteiger partial charge in [0.1, 0.15) is 0 Å². The molecule has 0 saturated heterocycles. The molecule has 0 saturated carbocycles. The average Bonchev–Trinajstić information content (AvgIpc) is 3.13. The van der Waals surface area contributed by atoms with E-state index in [1.807, 2.05) is 25.4 Å². The number of hydrogen-bond acceptors (Lipinski definition) is 3. The van der Waals surface area contributed by atoms with E-state index in [1.165, 1.54) is 5.56 Å². The van der Waals surface area contributed by atoms with E-state index in [0.717, 1.165) is 46.8 Å². The van der Waals surface area contributed by atoms with Crippen LogP contribution in [0.2, 0.25) is 0 Å². The molecule has 2 aromatic rings. The topological polar surface area (TPSA) is 24.7 Å². The van der Waals surface area contributed by atoms with E-state index in [2.05, 4.69) is 60.2 Å². The second-order valence-corrected chi connectivity index (χ2v) is 8.79. The molecule has 0 unspecified atom stereocenters. The van der Waals surface area contributed by atoms with Crippen LogP contribution < -0.4 is 0 Å². The van der Waals surface area contributed by atoms with E-state index in [-0.39, 0.29) is 13.1 Å². The zero-order chi connectivity index (χ0) is 19.9. The molecule has 0 atom stereocenters. The molecule has 0 aliphatic rings. The Kier molecular flexibility index (Phi) is 13.5. The molecule has 0 aliphatic carbocycles. The summed E-state index contributed by atoms with van der Waals surface area (Å²) >= 11 is 1.91. The van der Waals surface area contributed by atoms with Gasteiger partial charge in [0.05, 0.1) is 5.69 Å². The predicted octanol–water partition coefficient (Wildman–Crippen LogP) is 7.95. The van der Waals surface area contributed by atoms with Crippen molar-refractivity contribution in [1.29, 1.82) is 0 Å². The average molecular weight is 465 g/mol. The van der Waals surface area contributed by atoms with Gasteiger partial charge in [0.2, 0.25) is 0 Å². The molecule has 1 aromatic heterocycles. The van der Waals surface area contributed by atoms with Gasteiger partial charge in [0.15, 0.2) is 0 Å². The van der Waals surface area contributed by atoms with E-state index >= 15 is 0 Å². The fourth-order valence-electron chi connectivity index (χ4n) is 2.33. The first kappa shape index (κ1) is 24.1. The summed E-state index contributed by atoms with van der Waals surface area (Å²) in [4.78, 5) is 11.5. The number of unbranched alkanes of at least 4 members (excludes halogenated alkanes) is 1. The molecule has 0 bridgehead atoms. The quantitative estimate of drug-likeness (QED) is 0.279. The second kappa shape index (κ2) is 15.1. The Morgan fingerprint density at radius 1 is 1.04 bits per heavy atom. The first-order valence-electron chi connectivity index (χ1n) is 8.92. The standard InChI is InChI=1S/C21H26N2S.2ClH.Fe/c1-4-6-10-17(3)22-15-19-13-14-20(24-19)16-23-21-12-8-7-11-18(21)9-5-2;;;/h7-8,10-16H,4-6,9H2,1-3H3;2*1H;/q;;;+2/p-2/b17-10-,22-15?,23-16?;;;. The third-order valence-electron chi connectivity index (χ3n) is 3.61. The Morgan fingerprint density at radius 3 is 2.37 bits per heavy atom. The van der Waals surface area contributed by atoms with Gasteiger partial charge in [-0.15, -0.1) is 11.3 Å². The van der Waals surface area contributed by atoms with Crippen LogP contribution in [0.15, 0.2) is 58.2 Å². The summed E-state index contributed by atoms with van der Waals surface area (Å²) in [6, 6.07) is 12.6. The second-order valence-electron chi connectivity index (χ2n) is 5.82. The van der Waals surface area contributed by atoms with Gasteiger partial charge >= 0.3 is 33.3 Å². The molecule has 0 aliphatic heterocycles. The fourth-order valence-corrected chi connectivity index (χ4v) is 3.08. The molecule has 1 heterocycles. The number of thiophene rings is 1. The van der Waals surface area contributed by atoms with Crippen LogP contribution >= 0.6 is 31.5 Å². The summed E-state index contributed by atoms with van der Waals surface area (Å²) < 4.78 is 0. The molecule has 0 fully saturated rings. The Labute approximate surface area is 182 Å². The predicted molar refractivity (Wildman–Crippen MR) is 120 cm³/mol. The summed E-state index contributed by atoms with van der Waals surface area (Å²) in [5.74, 6) is 0. The van der Waals surface area contributed by atoms with Crippen LogP contribution in [0.4, 0.5) is 5.69 Å². The minimum absolute atomic E-state index is 0.194. The minimum atomic E-state index is 0.194. The molecule has 6 heteroatoms. The van der Waals surface area contributed by atoms with E-state index in [0.29, 0.717) is 0 Å². The summed E-state index contributed by atoms with van der Waals surface area (Å²) in [6.07, 6.45) is 10.5. The van der Waals surface area contributed by atoms with E-state index < -0.39 is 0 Å². The molecule has 0 N–H and O–H groups in total. The zero-order valence-electron chi connectivity index (χ0n) is 15.9. The summed E-state index contributed by atoms with van der Waals surface area (Å²) in [7, 11) is 9.53. The Hall–Kier alpha value is -0.901. The van der Waals surface area contributed by atoms with Crippen molar-refractivity contribution in [3.63, 3.8) is 0 Å². The number of para-hydroxylation sites is 1. The van der Waals surface area contributed by atoms with Gasteiger partial charge in [-0.05, 0) is 43.5 Å². The van der Waals surface area contributed by atoms with E-state index in [1.54, 1.807) is 11.3 Å². The van der Waals surface area contributed by atoms with Crippen molar-refractivity contribution in [2.45, 2.75) is 46.5 Å². The summed E-state index contributed by atoms with van der Waals surface area (Å²) in [6.45, 7) is 6.42. The number of nitrogens with zero attached hydrogens (tertiary/aromatic N) is 2. The maximum atomic E-state index is 4.76. The monoisotopic (exact) mass is 464 g/mol. The van der Waals surface area contributed by atoms with Gasteiger partial charge in [0, 0.05) is 27.9 Å². The van der Waals surface area contributed by atoms with Gasteiger partial charge in [-0.25, -0.2) is 0 Å². The van der Waals surface area contributed by atoms with Crippen molar-refractivity contribution < 1.29 is 13.1 Å². The first-order chi connectivity index (χ1) is 13.1. The van der Waals surface area contributed by atoms with Gasteiger partial charge < -0.3 is 0 Å². The molecule has 148 valence electrons. The van der Waals surface area contributed by atoms with Crippen LogP contribution in [0.5, 0.6) is 0 Å². The Balaban J connectivity index is 0.00000114. The van der Waals surface area contributed by atoms with E-state index in [9.17, 15) is 0 Å². The molecule has 0 amide bonds. The van der Waals surface area contributed by atoms with Crippen LogP contribution in [0.25, 0.3) is 0 Å². The van der Waals surface area contributed by atoms with Crippen molar-refractivity contribution in [3.05, 3.63) is 63.5 Å². The van der Waals surface area contributed by atoms with Crippen molar-refractivity contribution in [2.75, 3.05) is 0 Å². The van der Waals surface area contributed by atoms with Crippen LogP contribution in [0, 0.1) is 0 Å². The number of allylic oxidation sites excluding steroid dienone is 2. The van der Waals surface area contributed by atoms with Crippen LogP contribution in [-0.2, 0) is 19.6 Å². The van der Waals surface area contributed by atoms with Crippen LogP contribution in [0.3, 0.4) is 0 Å². The van der Waals surface area contributed by atoms with Crippen molar-refractivity contribution >= 4 is 49.6 Å². The number of benzene rings is 1. The molecule has 27 heavy (non-hydrogen) atoms. The number of aliphatic imine (C=N–C) groups is 2. The molecule has 2 rings (SSSR count). The third-order valence-corrected chi connectivity index (χ3v) is 4.57. The summed E-state index contributed by atoms with van der Waals surface area (Å²) in [5, 5.41) is 0. The van der Waals surface area contributed by atoms with Crippen LogP contribution in [-0.4, -0.2) is 12.4 Å². The first-order valence-corrected chi connectivity index (χ1v) is 12.8. The van der Waals surface area contributed by atoms with Gasteiger partial charge in [-0.1, -0.05) is 51.0 Å². The molecular formula is C21H26Cl2FeN2S. The van der Waals surface area contributed by atoms with Gasteiger partial charge in [-0.3, -0.25) is 9.98 Å². The zero-order valence-corrected chi connectivity index (χ0v) is 19.4. The van der Waals surface area contributed by atoms with Crippen molar-refractivity contribution in [3.8, 4) is 0 Å². The molecule has 1 aromatic carbocycles. The van der Waals surface area contributed by atoms with E-state index in [4.69, 9.17) is 20.2 Å². The number of hydrogen-bond donors (Lipinski definition) is 0. The van der Waals surface area contributed by atoms with Gasteiger partial charge in [-0.2, -0.15) is 0 Å². The number of halogens is 2. The Morgan fingerprint density at radius 2 is 1.70 bits per heavy atom. The van der Waals surface area contributed by atoms with Crippen LogP contribution in [0.1, 0.15) is 55.4 Å². The molecular weight excluding hydrogens is 439 g/mol. The van der Waals surface area contributed by atoms with Crippen molar-refractivity contribution in [2.24, 2.45) is 9.98 Å². The fraction of sp³-hybridized carbons (Fsp3) is 0.333. The normalized spacial score (nSPS) is 12.0. The van der Waals surface area contributed by atoms with Gasteiger partial charge in [0.25, 0.3) is 0 Å². The Bertz CT molecular complexity index is 754. The SMILES string of the molecule is CCC/C=C(/C)N=Cc1ccc(C=Nc2ccccc2CCC)s1.[Cl][Fe][Cl]. The maximum absolute atomic E-state index is 4.76. The molecule has 0 radical (unpaired) electrons. The number of rotatable bonds is 8. The molecule has 0 spiro atoms. The van der Waals surface area contributed by atoms with Crippen molar-refractivity contribution in [1.82, 2.24) is 0 Å². The summed E-state index contributed by atoms with van der Waals surface area (Å²) in [5.41, 5.74) is 3.46. The third kappa shape index (κ3) is 10.3.